The first-order chi connectivity index (χ1) is 13.9. The number of pyridine rings is 1. The molecule has 11 heteroatoms. The van der Waals surface area contributed by atoms with Gasteiger partial charge < -0.3 is 16.6 Å². The lowest BCUT2D eigenvalue weighted by Crippen LogP contribution is -2.36. The Labute approximate surface area is 173 Å². The summed E-state index contributed by atoms with van der Waals surface area (Å²) in [6, 6.07) is 5.89. The Morgan fingerprint density at radius 2 is 2.21 bits per heavy atom. The third-order valence-electron chi connectivity index (χ3n) is 4.19. The first kappa shape index (κ1) is 18.9. The summed E-state index contributed by atoms with van der Waals surface area (Å²) in [6.07, 6.45) is 1.53. The SMILES string of the molecule is CC(C)[n+]1cc(/N=C(\[O-])c2sc3nc(N)c(C#N)c(-c4cccs4)c3c2N)on1. The normalized spacial score (nSPS) is 12.0. The maximum absolute atomic E-state index is 12.8. The summed E-state index contributed by atoms with van der Waals surface area (Å²) in [7, 11) is 0. The number of anilines is 2. The minimum absolute atomic E-state index is 0.0668. The molecule has 0 fully saturated rings. The highest BCUT2D eigenvalue weighted by atomic mass is 32.1. The van der Waals surface area contributed by atoms with Crippen LogP contribution in [-0.4, -0.2) is 16.2 Å². The fraction of sp³-hybridized carbons (Fsp3) is 0.167. The number of aromatic nitrogens is 3. The van der Waals surface area contributed by atoms with E-state index < -0.39 is 5.90 Å². The highest BCUT2D eigenvalue weighted by molar-refractivity contribution is 7.21. The Balaban J connectivity index is 1.91. The molecule has 0 amide bonds. The van der Waals surface area contributed by atoms with Gasteiger partial charge in [0, 0.05) is 21.7 Å². The molecule has 4 N–H and O–H groups in total. The van der Waals surface area contributed by atoms with Gasteiger partial charge in [-0.25, -0.2) is 9.98 Å². The second-order valence-electron chi connectivity index (χ2n) is 6.39. The lowest BCUT2D eigenvalue weighted by atomic mass is 10.0. The molecule has 0 saturated carbocycles. The lowest BCUT2D eigenvalue weighted by molar-refractivity contribution is -0.779. The minimum Gasteiger partial charge on any atom is -0.857 e. The zero-order valence-corrected chi connectivity index (χ0v) is 17.0. The average molecular weight is 425 g/mol. The molecule has 0 unspecified atom stereocenters. The van der Waals surface area contributed by atoms with Gasteiger partial charge in [-0.1, -0.05) is 6.07 Å². The van der Waals surface area contributed by atoms with E-state index >= 15 is 0 Å². The van der Waals surface area contributed by atoms with Gasteiger partial charge in [0.2, 0.25) is 5.27 Å². The third kappa shape index (κ3) is 3.18. The summed E-state index contributed by atoms with van der Waals surface area (Å²) in [6.45, 7) is 3.85. The second kappa shape index (κ2) is 7.16. The number of fused-ring (bicyclic) bond motifs is 1. The number of rotatable bonds is 4. The Bertz CT molecular complexity index is 1280. The maximum Gasteiger partial charge on any atom is 0.320 e. The van der Waals surface area contributed by atoms with E-state index in [1.165, 1.54) is 17.5 Å². The van der Waals surface area contributed by atoms with Crippen LogP contribution < -0.4 is 21.3 Å². The molecule has 0 saturated heterocycles. The van der Waals surface area contributed by atoms with Gasteiger partial charge in [0.1, 0.15) is 22.3 Å². The van der Waals surface area contributed by atoms with Crippen molar-refractivity contribution in [3.05, 3.63) is 34.2 Å². The Morgan fingerprint density at radius 1 is 1.41 bits per heavy atom. The first-order valence-corrected chi connectivity index (χ1v) is 10.2. The van der Waals surface area contributed by atoms with Crippen molar-refractivity contribution < 1.29 is 14.3 Å². The Morgan fingerprint density at radius 3 is 2.83 bits per heavy atom. The number of aliphatic imine (C=N–C) groups is 1. The molecule has 0 atom stereocenters. The Hall–Kier alpha value is -3.49. The highest BCUT2D eigenvalue weighted by Gasteiger charge is 2.22. The zero-order valence-electron chi connectivity index (χ0n) is 15.4. The largest absolute Gasteiger partial charge is 0.857 e. The number of thiophene rings is 2. The predicted molar refractivity (Wildman–Crippen MR) is 110 cm³/mol. The van der Waals surface area contributed by atoms with Gasteiger partial charge in [0.15, 0.2) is 6.04 Å². The molecule has 4 heterocycles. The first-order valence-electron chi connectivity index (χ1n) is 8.50. The van der Waals surface area contributed by atoms with E-state index in [0.29, 0.717) is 15.8 Å². The number of nitrogens with two attached hydrogens (primary N) is 2. The zero-order chi connectivity index (χ0) is 20.7. The molecule has 4 aromatic heterocycles. The molecule has 4 aromatic rings. The highest BCUT2D eigenvalue weighted by Crippen LogP contribution is 2.43. The molecule has 0 radical (unpaired) electrons. The van der Waals surface area contributed by atoms with Crippen molar-refractivity contribution in [3.8, 4) is 16.5 Å². The molecule has 4 rings (SSSR count). The number of hydrogen-bond acceptors (Lipinski definition) is 10. The van der Waals surface area contributed by atoms with Crippen LogP contribution in [0.1, 0.15) is 30.3 Å². The molecule has 0 bridgehead atoms. The van der Waals surface area contributed by atoms with E-state index in [1.54, 1.807) is 4.68 Å². The summed E-state index contributed by atoms with van der Waals surface area (Å²) >= 11 is 2.52. The summed E-state index contributed by atoms with van der Waals surface area (Å²) in [4.78, 5) is 9.73. The van der Waals surface area contributed by atoms with E-state index in [9.17, 15) is 10.4 Å². The fourth-order valence-corrected chi connectivity index (χ4v) is 4.58. The van der Waals surface area contributed by atoms with Gasteiger partial charge in [-0.2, -0.15) is 5.26 Å². The van der Waals surface area contributed by atoms with Crippen LogP contribution in [0.4, 0.5) is 17.4 Å². The van der Waals surface area contributed by atoms with Gasteiger partial charge in [0.25, 0.3) is 6.20 Å². The van der Waals surface area contributed by atoms with E-state index in [2.05, 4.69) is 21.3 Å². The molecular weight excluding hydrogens is 410 g/mol. The van der Waals surface area contributed by atoms with Crippen molar-refractivity contribution in [2.75, 3.05) is 11.5 Å². The topological polar surface area (TPSA) is 154 Å². The van der Waals surface area contributed by atoms with E-state index in [-0.39, 0.29) is 33.9 Å². The molecule has 0 spiro atoms. The summed E-state index contributed by atoms with van der Waals surface area (Å²) in [5.74, 6) is -0.412. The molecule has 0 aliphatic carbocycles. The Kier molecular flexibility index (Phi) is 4.65. The van der Waals surface area contributed by atoms with E-state index in [1.807, 2.05) is 31.4 Å². The lowest BCUT2D eigenvalue weighted by Gasteiger charge is -2.09. The monoisotopic (exact) mass is 425 g/mol. The van der Waals surface area contributed by atoms with Crippen molar-refractivity contribution >= 4 is 56.2 Å². The van der Waals surface area contributed by atoms with Crippen molar-refractivity contribution in [1.29, 1.82) is 5.26 Å². The molecule has 29 heavy (non-hydrogen) atoms. The molecule has 9 nitrogen and oxygen atoms in total. The molecule has 0 aromatic carbocycles. The maximum atomic E-state index is 12.8. The van der Waals surface area contributed by atoms with Crippen LogP contribution in [0, 0.1) is 11.3 Å². The van der Waals surface area contributed by atoms with Crippen molar-refractivity contribution in [2.45, 2.75) is 19.9 Å². The van der Waals surface area contributed by atoms with Crippen LogP contribution in [-0.2, 0) is 0 Å². The van der Waals surface area contributed by atoms with Gasteiger partial charge in [-0.05, 0) is 30.0 Å². The minimum atomic E-state index is -0.577. The smallest absolute Gasteiger partial charge is 0.320 e. The predicted octanol–water partition coefficient (Wildman–Crippen LogP) is 2.36. The van der Waals surface area contributed by atoms with Crippen LogP contribution in [0.5, 0.6) is 0 Å². The molecule has 0 aliphatic rings. The van der Waals surface area contributed by atoms with Crippen molar-refractivity contribution in [1.82, 2.24) is 10.3 Å². The van der Waals surface area contributed by atoms with Crippen LogP contribution in [0.25, 0.3) is 20.7 Å². The van der Waals surface area contributed by atoms with Crippen LogP contribution >= 0.6 is 22.7 Å². The summed E-state index contributed by atoms with van der Waals surface area (Å²) in [5.41, 5.74) is 13.3. The quantitative estimate of drug-likeness (QED) is 0.289. The third-order valence-corrected chi connectivity index (χ3v) is 6.17. The van der Waals surface area contributed by atoms with E-state index in [4.69, 9.17) is 16.0 Å². The number of nitrogen functional groups attached to an aromatic ring is 2. The molecule has 0 aliphatic heterocycles. The van der Waals surface area contributed by atoms with Gasteiger partial charge in [-0.15, -0.1) is 22.7 Å². The molecular formula is C18H15N7O2S2. The fourth-order valence-electron chi connectivity index (χ4n) is 2.80. The standard InChI is InChI=1S/C18H15N7O2S2/c1-8(2)25-7-11(27-24-25)22-17(26)15-14(20)13-12(10-4-3-5-28-10)9(6-19)16(21)23-18(13)29-15/h3-5,7-8H,1-2H3,(H4-,20,21,22,23,24,26). The number of hydrogen-bond donors (Lipinski definition) is 2. The van der Waals surface area contributed by atoms with Gasteiger partial charge in [0.05, 0.1) is 10.6 Å². The summed E-state index contributed by atoms with van der Waals surface area (Å²) < 4.78 is 6.63. The van der Waals surface area contributed by atoms with Crippen molar-refractivity contribution in [2.24, 2.45) is 4.99 Å². The van der Waals surface area contributed by atoms with Crippen LogP contribution in [0.2, 0.25) is 0 Å². The van der Waals surface area contributed by atoms with Crippen molar-refractivity contribution in [3.63, 3.8) is 0 Å². The van der Waals surface area contributed by atoms with E-state index in [0.717, 1.165) is 16.2 Å². The summed E-state index contributed by atoms with van der Waals surface area (Å²) in [5, 5.41) is 28.6. The number of nitriles is 1. The molecule has 146 valence electrons. The van der Waals surface area contributed by atoms with Crippen LogP contribution in [0.15, 0.2) is 33.2 Å². The number of nitrogens with zero attached hydrogens (tertiary/aromatic N) is 5. The second-order valence-corrected chi connectivity index (χ2v) is 8.34. The van der Waals surface area contributed by atoms with Crippen LogP contribution in [0.3, 0.4) is 0 Å². The average Bonchev–Trinajstić information content (AvgIpc) is 3.41. The van der Waals surface area contributed by atoms with Gasteiger partial charge in [-0.3, -0.25) is 4.52 Å². The van der Waals surface area contributed by atoms with Gasteiger partial charge >= 0.3 is 5.88 Å².